The monoisotopic (exact) mass is 342 g/mol. The second kappa shape index (κ2) is 6.56. The van der Waals surface area contributed by atoms with Crippen molar-refractivity contribution in [1.29, 1.82) is 0 Å². The van der Waals surface area contributed by atoms with Gasteiger partial charge >= 0.3 is 6.03 Å². The van der Waals surface area contributed by atoms with E-state index in [0.29, 0.717) is 30.9 Å². The predicted molar refractivity (Wildman–Crippen MR) is 90.9 cm³/mol. The van der Waals surface area contributed by atoms with Gasteiger partial charge in [0, 0.05) is 48.7 Å². The topological polar surface area (TPSA) is 110 Å². The normalized spacial score (nSPS) is 14.5. The molecule has 2 aromatic carbocycles. The van der Waals surface area contributed by atoms with Gasteiger partial charge in [0.15, 0.2) is 0 Å². The van der Waals surface area contributed by atoms with Gasteiger partial charge in [0.2, 0.25) is 0 Å². The highest BCUT2D eigenvalue weighted by Crippen LogP contribution is 2.27. The summed E-state index contributed by atoms with van der Waals surface area (Å²) in [7, 11) is 0. The number of anilines is 2. The van der Waals surface area contributed by atoms with E-state index in [4.69, 9.17) is 0 Å². The molecule has 2 amide bonds. The zero-order chi connectivity index (χ0) is 18.0. The molecule has 0 radical (unpaired) electrons. The average molecular weight is 342 g/mol. The minimum atomic E-state index is -0.495. The van der Waals surface area contributed by atoms with Crippen molar-refractivity contribution in [2.75, 3.05) is 22.9 Å². The van der Waals surface area contributed by atoms with Gasteiger partial charge < -0.3 is 0 Å². The fourth-order valence-electron chi connectivity index (χ4n) is 2.71. The van der Waals surface area contributed by atoms with Crippen LogP contribution in [0, 0.1) is 20.2 Å². The Morgan fingerprint density at radius 1 is 0.720 bits per heavy atom. The number of benzene rings is 2. The molecule has 128 valence electrons. The fourth-order valence-corrected chi connectivity index (χ4v) is 2.71. The van der Waals surface area contributed by atoms with Gasteiger partial charge in [-0.25, -0.2) is 4.79 Å². The maximum Gasteiger partial charge on any atom is 0.328 e. The molecule has 0 N–H and O–H groups in total. The standard InChI is InChI=1S/C16H14N4O5/c21-16-17(12-2-6-14(7-3-12)19(22)23)10-1-11-18(16)13-4-8-15(9-5-13)20(24)25/h2-9H,1,10-11H2. The highest BCUT2D eigenvalue weighted by molar-refractivity contribution is 6.04. The lowest BCUT2D eigenvalue weighted by atomic mass is 10.2. The molecule has 0 saturated carbocycles. The van der Waals surface area contributed by atoms with Crippen LogP contribution in [-0.2, 0) is 0 Å². The molecule has 2 aromatic rings. The quantitative estimate of drug-likeness (QED) is 0.625. The molecule has 0 aliphatic carbocycles. The van der Waals surface area contributed by atoms with E-state index in [-0.39, 0.29) is 17.4 Å². The van der Waals surface area contributed by atoms with Crippen LogP contribution in [0.1, 0.15) is 6.42 Å². The zero-order valence-corrected chi connectivity index (χ0v) is 13.1. The van der Waals surface area contributed by atoms with Crippen molar-refractivity contribution < 1.29 is 14.6 Å². The molecule has 25 heavy (non-hydrogen) atoms. The minimum absolute atomic E-state index is 0.0413. The summed E-state index contributed by atoms with van der Waals surface area (Å²) in [6, 6.07) is 11.3. The van der Waals surface area contributed by atoms with Crippen LogP contribution in [0.2, 0.25) is 0 Å². The zero-order valence-electron chi connectivity index (χ0n) is 13.1. The van der Waals surface area contributed by atoms with Gasteiger partial charge in [-0.15, -0.1) is 0 Å². The van der Waals surface area contributed by atoms with Crippen LogP contribution in [0.3, 0.4) is 0 Å². The molecule has 9 heteroatoms. The van der Waals surface area contributed by atoms with Gasteiger partial charge in [-0.3, -0.25) is 30.0 Å². The lowest BCUT2D eigenvalue weighted by Gasteiger charge is -2.35. The predicted octanol–water partition coefficient (Wildman–Crippen LogP) is 3.34. The van der Waals surface area contributed by atoms with Crippen LogP contribution in [0.25, 0.3) is 0 Å². The van der Waals surface area contributed by atoms with Crippen molar-refractivity contribution in [3.8, 4) is 0 Å². The van der Waals surface area contributed by atoms with Gasteiger partial charge in [0.25, 0.3) is 11.4 Å². The Bertz CT molecular complexity index is 752. The number of rotatable bonds is 4. The molecule has 1 heterocycles. The first kappa shape index (κ1) is 16.4. The molecule has 1 aliphatic heterocycles. The summed E-state index contributed by atoms with van der Waals surface area (Å²) in [5.41, 5.74) is 1.06. The molecule has 1 saturated heterocycles. The van der Waals surface area contributed by atoms with Crippen molar-refractivity contribution in [3.05, 3.63) is 68.8 Å². The van der Waals surface area contributed by atoms with Gasteiger partial charge in [-0.2, -0.15) is 0 Å². The molecule has 1 fully saturated rings. The molecule has 0 spiro atoms. The van der Waals surface area contributed by atoms with E-state index in [1.54, 1.807) is 0 Å². The molecule has 9 nitrogen and oxygen atoms in total. The maximum absolute atomic E-state index is 12.7. The minimum Gasteiger partial charge on any atom is -0.294 e. The number of carbonyl (C=O) groups excluding carboxylic acids is 1. The van der Waals surface area contributed by atoms with E-state index in [1.807, 2.05) is 0 Å². The molecule has 0 atom stereocenters. The Morgan fingerprint density at radius 3 is 1.40 bits per heavy atom. The van der Waals surface area contributed by atoms with Crippen LogP contribution in [0.15, 0.2) is 48.5 Å². The van der Waals surface area contributed by atoms with E-state index < -0.39 is 9.85 Å². The SMILES string of the molecule is O=C1N(c2ccc([N+](=O)[O-])cc2)CCCN1c1ccc([N+](=O)[O-])cc1. The fraction of sp³-hybridized carbons (Fsp3) is 0.188. The Balaban J connectivity index is 1.83. The first-order valence-electron chi connectivity index (χ1n) is 7.55. The smallest absolute Gasteiger partial charge is 0.294 e. The number of carbonyl (C=O) groups is 1. The Hall–Kier alpha value is -3.49. The second-order valence-electron chi connectivity index (χ2n) is 5.49. The third-order valence-corrected chi connectivity index (χ3v) is 3.97. The van der Waals surface area contributed by atoms with Gasteiger partial charge in [-0.05, 0) is 30.7 Å². The molecule has 0 bridgehead atoms. The van der Waals surface area contributed by atoms with Crippen molar-refractivity contribution >= 4 is 28.8 Å². The van der Waals surface area contributed by atoms with Crippen LogP contribution in [-0.4, -0.2) is 29.0 Å². The third-order valence-electron chi connectivity index (χ3n) is 3.97. The molecule has 1 aliphatic rings. The third kappa shape index (κ3) is 3.25. The summed E-state index contributed by atoms with van der Waals surface area (Å²) >= 11 is 0. The Morgan fingerprint density at radius 2 is 1.08 bits per heavy atom. The van der Waals surface area contributed by atoms with Gasteiger partial charge in [-0.1, -0.05) is 0 Å². The van der Waals surface area contributed by atoms with Gasteiger partial charge in [0.05, 0.1) is 9.85 Å². The van der Waals surface area contributed by atoms with Crippen molar-refractivity contribution in [1.82, 2.24) is 0 Å². The van der Waals surface area contributed by atoms with Crippen molar-refractivity contribution in [2.45, 2.75) is 6.42 Å². The van der Waals surface area contributed by atoms with E-state index >= 15 is 0 Å². The van der Waals surface area contributed by atoms with Crippen molar-refractivity contribution in [3.63, 3.8) is 0 Å². The number of nitrogens with zero attached hydrogens (tertiary/aromatic N) is 4. The summed E-state index contributed by atoms with van der Waals surface area (Å²) in [4.78, 5) is 36.3. The summed E-state index contributed by atoms with van der Waals surface area (Å²) in [6.45, 7) is 1.00. The highest BCUT2D eigenvalue weighted by Gasteiger charge is 2.28. The number of hydrogen-bond donors (Lipinski definition) is 0. The largest absolute Gasteiger partial charge is 0.328 e. The number of urea groups is 1. The summed E-state index contributed by atoms with van der Waals surface area (Å²) in [6.07, 6.45) is 0.708. The molecular weight excluding hydrogens is 328 g/mol. The molecular formula is C16H14N4O5. The first-order valence-corrected chi connectivity index (χ1v) is 7.55. The van der Waals surface area contributed by atoms with Crippen LogP contribution < -0.4 is 9.80 Å². The number of hydrogen-bond acceptors (Lipinski definition) is 5. The second-order valence-corrected chi connectivity index (χ2v) is 5.49. The average Bonchev–Trinajstić information content (AvgIpc) is 2.62. The number of amides is 2. The first-order chi connectivity index (χ1) is 12.0. The Kier molecular flexibility index (Phi) is 4.29. The lowest BCUT2D eigenvalue weighted by Crippen LogP contribution is -2.49. The summed E-state index contributed by atoms with van der Waals surface area (Å²) < 4.78 is 0. The highest BCUT2D eigenvalue weighted by atomic mass is 16.6. The van der Waals surface area contributed by atoms with Crippen molar-refractivity contribution in [2.24, 2.45) is 0 Å². The van der Waals surface area contributed by atoms with E-state index in [2.05, 4.69) is 0 Å². The van der Waals surface area contributed by atoms with E-state index in [0.717, 1.165) is 0 Å². The number of nitro groups is 2. The molecule has 3 rings (SSSR count). The Labute approximate surface area is 142 Å². The number of non-ortho nitro benzene ring substituents is 2. The van der Waals surface area contributed by atoms with Crippen LogP contribution >= 0.6 is 0 Å². The summed E-state index contributed by atoms with van der Waals surface area (Å²) in [5.74, 6) is 0. The van der Waals surface area contributed by atoms with Gasteiger partial charge in [0.1, 0.15) is 0 Å². The van der Waals surface area contributed by atoms with Crippen LogP contribution in [0.4, 0.5) is 27.5 Å². The summed E-state index contributed by atoms with van der Waals surface area (Å²) in [5, 5.41) is 21.5. The van der Waals surface area contributed by atoms with E-state index in [1.165, 1.54) is 58.3 Å². The van der Waals surface area contributed by atoms with Crippen LogP contribution in [0.5, 0.6) is 0 Å². The molecule has 0 aromatic heterocycles. The molecule has 0 unspecified atom stereocenters. The van der Waals surface area contributed by atoms with E-state index in [9.17, 15) is 25.0 Å². The lowest BCUT2D eigenvalue weighted by molar-refractivity contribution is -0.385. The number of nitro benzene ring substituents is 2. The maximum atomic E-state index is 12.7.